The van der Waals surface area contributed by atoms with Gasteiger partial charge in [0.15, 0.2) is 0 Å². The predicted molar refractivity (Wildman–Crippen MR) is 91.6 cm³/mol. The van der Waals surface area contributed by atoms with Crippen LogP contribution in [0.25, 0.3) is 6.08 Å². The van der Waals surface area contributed by atoms with Crippen LogP contribution in [0.4, 0.5) is 0 Å². The van der Waals surface area contributed by atoms with Crippen molar-refractivity contribution < 1.29 is 9.31 Å². The molecule has 0 spiro atoms. The standard InChI is InChI=1S/C18H26BNO2/c1-17(2)18(3,4)22-19(21-17)10-8-14-6-7-16-13-20(5)11-9-15(16)12-14/h6-8,10,12H,9,11,13H2,1-5H3. The molecule has 3 rings (SSSR count). The molecule has 1 fully saturated rings. The number of hydrogen-bond donors (Lipinski definition) is 0. The Hall–Kier alpha value is -1.10. The van der Waals surface area contributed by atoms with Crippen molar-refractivity contribution in [2.75, 3.05) is 13.6 Å². The fourth-order valence-electron chi connectivity index (χ4n) is 2.97. The molecule has 2 heterocycles. The Kier molecular flexibility index (Phi) is 3.96. The smallest absolute Gasteiger partial charge is 0.400 e. The minimum Gasteiger partial charge on any atom is -0.400 e. The number of rotatable bonds is 2. The summed E-state index contributed by atoms with van der Waals surface area (Å²) in [7, 11) is 1.90. The molecule has 0 N–H and O–H groups in total. The number of hydrogen-bond acceptors (Lipinski definition) is 3. The van der Waals surface area contributed by atoms with E-state index in [1.54, 1.807) is 0 Å². The van der Waals surface area contributed by atoms with E-state index in [1.807, 2.05) is 5.98 Å². The highest BCUT2D eigenvalue weighted by Gasteiger charge is 2.49. The van der Waals surface area contributed by atoms with Crippen molar-refractivity contribution in [3.05, 3.63) is 40.9 Å². The number of nitrogens with zero attached hydrogens (tertiary/aromatic N) is 1. The van der Waals surface area contributed by atoms with Gasteiger partial charge in [-0.1, -0.05) is 30.3 Å². The molecule has 2 aliphatic rings. The zero-order chi connectivity index (χ0) is 16.0. The molecular weight excluding hydrogens is 273 g/mol. The van der Waals surface area contributed by atoms with Gasteiger partial charge in [-0.15, -0.1) is 0 Å². The topological polar surface area (TPSA) is 21.7 Å². The summed E-state index contributed by atoms with van der Waals surface area (Å²) in [5.41, 5.74) is 3.58. The second kappa shape index (κ2) is 5.52. The normalized spacial score (nSPS) is 24.0. The highest BCUT2D eigenvalue weighted by Crippen LogP contribution is 2.37. The third-order valence-corrected chi connectivity index (χ3v) is 5.15. The zero-order valence-electron chi connectivity index (χ0n) is 14.3. The third-order valence-electron chi connectivity index (χ3n) is 5.15. The molecule has 3 nitrogen and oxygen atoms in total. The summed E-state index contributed by atoms with van der Waals surface area (Å²) in [5, 5.41) is 0. The maximum Gasteiger partial charge on any atom is 0.487 e. The second-order valence-electron chi connectivity index (χ2n) is 7.50. The molecule has 2 aliphatic heterocycles. The van der Waals surface area contributed by atoms with Gasteiger partial charge in [0.25, 0.3) is 0 Å². The van der Waals surface area contributed by atoms with Crippen LogP contribution in [-0.4, -0.2) is 36.8 Å². The van der Waals surface area contributed by atoms with Gasteiger partial charge in [0.1, 0.15) is 0 Å². The van der Waals surface area contributed by atoms with Gasteiger partial charge >= 0.3 is 7.12 Å². The Morgan fingerprint density at radius 2 is 1.77 bits per heavy atom. The molecule has 0 atom stereocenters. The van der Waals surface area contributed by atoms with Crippen LogP contribution in [0.2, 0.25) is 0 Å². The van der Waals surface area contributed by atoms with Crippen LogP contribution < -0.4 is 0 Å². The monoisotopic (exact) mass is 299 g/mol. The maximum atomic E-state index is 6.00. The van der Waals surface area contributed by atoms with E-state index >= 15 is 0 Å². The van der Waals surface area contributed by atoms with Crippen LogP contribution in [0.3, 0.4) is 0 Å². The van der Waals surface area contributed by atoms with E-state index in [9.17, 15) is 0 Å². The average molecular weight is 299 g/mol. The molecule has 4 heteroatoms. The Bertz CT molecular complexity index is 579. The summed E-state index contributed by atoms with van der Waals surface area (Å²) in [6.07, 6.45) is 3.24. The number of fused-ring (bicyclic) bond motifs is 1. The van der Waals surface area contributed by atoms with Crippen molar-refractivity contribution in [2.24, 2.45) is 0 Å². The highest BCUT2D eigenvalue weighted by molar-refractivity contribution is 6.52. The predicted octanol–water partition coefficient (Wildman–Crippen LogP) is 3.32. The molecule has 0 bridgehead atoms. The fourth-order valence-corrected chi connectivity index (χ4v) is 2.97. The van der Waals surface area contributed by atoms with E-state index in [4.69, 9.17) is 9.31 Å². The molecule has 0 saturated carbocycles. The van der Waals surface area contributed by atoms with Gasteiger partial charge in [0.2, 0.25) is 0 Å². The van der Waals surface area contributed by atoms with Crippen LogP contribution in [-0.2, 0) is 22.3 Å². The summed E-state index contributed by atoms with van der Waals surface area (Å²) in [6, 6.07) is 6.72. The Balaban J connectivity index is 1.72. The summed E-state index contributed by atoms with van der Waals surface area (Å²) in [6.45, 7) is 10.5. The maximum absolute atomic E-state index is 6.00. The first kappa shape index (κ1) is 15.8. The number of benzene rings is 1. The minimum absolute atomic E-state index is 0.271. The van der Waals surface area contributed by atoms with Crippen LogP contribution >= 0.6 is 0 Å². The molecule has 1 saturated heterocycles. The molecule has 0 radical (unpaired) electrons. The lowest BCUT2D eigenvalue weighted by molar-refractivity contribution is 0.00578. The molecule has 1 aromatic rings. The zero-order valence-corrected chi connectivity index (χ0v) is 14.3. The first-order valence-electron chi connectivity index (χ1n) is 8.11. The number of likely N-dealkylation sites (N-methyl/N-ethyl adjacent to an activating group) is 1. The highest BCUT2D eigenvalue weighted by atomic mass is 16.7. The summed E-state index contributed by atoms with van der Waals surface area (Å²) in [4.78, 5) is 2.36. The second-order valence-corrected chi connectivity index (χ2v) is 7.50. The van der Waals surface area contributed by atoms with Crippen LogP contribution in [0, 0.1) is 0 Å². The van der Waals surface area contributed by atoms with Gasteiger partial charge in [-0.25, -0.2) is 0 Å². The lowest BCUT2D eigenvalue weighted by atomic mass is 9.88. The Morgan fingerprint density at radius 1 is 1.09 bits per heavy atom. The van der Waals surface area contributed by atoms with Gasteiger partial charge in [-0.3, -0.25) is 0 Å². The van der Waals surface area contributed by atoms with Crippen LogP contribution in [0.1, 0.15) is 44.4 Å². The van der Waals surface area contributed by atoms with Crippen molar-refractivity contribution in [1.29, 1.82) is 0 Å². The molecular formula is C18H26BNO2. The van der Waals surface area contributed by atoms with E-state index in [1.165, 1.54) is 16.7 Å². The van der Waals surface area contributed by atoms with Crippen LogP contribution in [0.15, 0.2) is 24.2 Å². The molecule has 0 aliphatic carbocycles. The molecule has 0 amide bonds. The molecule has 22 heavy (non-hydrogen) atoms. The molecule has 0 unspecified atom stereocenters. The lowest BCUT2D eigenvalue weighted by Gasteiger charge is -2.32. The molecule has 0 aromatic heterocycles. The van der Waals surface area contributed by atoms with Gasteiger partial charge in [0.05, 0.1) is 11.2 Å². The Labute approximate surface area is 134 Å². The molecule has 118 valence electrons. The largest absolute Gasteiger partial charge is 0.487 e. The van der Waals surface area contributed by atoms with Gasteiger partial charge < -0.3 is 14.2 Å². The average Bonchev–Trinajstić information content (AvgIpc) is 2.64. The summed E-state index contributed by atoms with van der Waals surface area (Å²) < 4.78 is 12.0. The van der Waals surface area contributed by atoms with E-state index in [2.05, 4.69) is 63.9 Å². The first-order valence-corrected chi connectivity index (χ1v) is 8.11. The van der Waals surface area contributed by atoms with Crippen LogP contribution in [0.5, 0.6) is 0 Å². The lowest BCUT2D eigenvalue weighted by Crippen LogP contribution is -2.41. The first-order chi connectivity index (χ1) is 10.3. The minimum atomic E-state index is -0.275. The summed E-state index contributed by atoms with van der Waals surface area (Å²) >= 11 is 0. The van der Waals surface area contributed by atoms with Crippen molar-refractivity contribution in [1.82, 2.24) is 4.90 Å². The van der Waals surface area contributed by atoms with Crippen molar-refractivity contribution in [3.63, 3.8) is 0 Å². The third kappa shape index (κ3) is 3.01. The Morgan fingerprint density at radius 3 is 2.45 bits per heavy atom. The van der Waals surface area contributed by atoms with E-state index < -0.39 is 0 Å². The SMILES string of the molecule is CN1CCc2cc(C=CB3OC(C)(C)C(C)(C)O3)ccc2C1. The van der Waals surface area contributed by atoms with Crippen molar-refractivity contribution >= 4 is 13.2 Å². The van der Waals surface area contributed by atoms with E-state index in [0.717, 1.165) is 19.5 Å². The van der Waals surface area contributed by atoms with Gasteiger partial charge in [0, 0.05) is 13.1 Å². The van der Waals surface area contributed by atoms with E-state index in [-0.39, 0.29) is 18.3 Å². The quantitative estimate of drug-likeness (QED) is 0.782. The molecule has 1 aromatic carbocycles. The van der Waals surface area contributed by atoms with Gasteiger partial charge in [-0.2, -0.15) is 0 Å². The van der Waals surface area contributed by atoms with Gasteiger partial charge in [-0.05, 0) is 57.9 Å². The fraction of sp³-hybridized carbons (Fsp3) is 0.556. The summed E-state index contributed by atoms with van der Waals surface area (Å²) in [5.74, 6) is 2.02. The van der Waals surface area contributed by atoms with Crippen molar-refractivity contribution in [2.45, 2.75) is 51.9 Å². The van der Waals surface area contributed by atoms with E-state index in [0.29, 0.717) is 0 Å². The van der Waals surface area contributed by atoms with Crippen molar-refractivity contribution in [3.8, 4) is 0 Å².